The van der Waals surface area contributed by atoms with Gasteiger partial charge in [-0.15, -0.1) is 11.8 Å². The molecule has 1 aromatic carbocycles. The number of allylic oxidation sites excluding steroid dienone is 6. The summed E-state index contributed by atoms with van der Waals surface area (Å²) in [6.07, 6.45) is 18.2. The molecule has 0 spiro atoms. The van der Waals surface area contributed by atoms with Crippen molar-refractivity contribution in [3.63, 3.8) is 0 Å². The summed E-state index contributed by atoms with van der Waals surface area (Å²) in [5.41, 5.74) is 1.61. The number of phenols is 1. The van der Waals surface area contributed by atoms with Gasteiger partial charge in [0.15, 0.2) is 0 Å². The van der Waals surface area contributed by atoms with E-state index in [4.69, 9.17) is 9.47 Å². The van der Waals surface area contributed by atoms with Crippen molar-refractivity contribution in [2.45, 2.75) is 107 Å². The van der Waals surface area contributed by atoms with Crippen LogP contribution in [0.15, 0.2) is 70.7 Å². The lowest BCUT2D eigenvalue weighted by Gasteiger charge is -2.30. The molecule has 0 aromatic heterocycles. The van der Waals surface area contributed by atoms with Gasteiger partial charge in [0.1, 0.15) is 17.4 Å². The largest absolute Gasteiger partial charge is 0.505 e. The fourth-order valence-electron chi connectivity index (χ4n) is 6.49. The average Bonchev–Trinajstić information content (AvgIpc) is 3.91. The number of amides is 3. The number of thioether (sulfide) groups is 1. The fourth-order valence-corrected chi connectivity index (χ4v) is 7.48. The van der Waals surface area contributed by atoms with Gasteiger partial charge in [0.05, 0.1) is 35.8 Å². The van der Waals surface area contributed by atoms with E-state index in [1.54, 1.807) is 30.4 Å². The molecule has 2 aliphatic carbocycles. The highest BCUT2D eigenvalue weighted by Crippen LogP contribution is 2.44. The van der Waals surface area contributed by atoms with Crippen LogP contribution in [-0.4, -0.2) is 70.6 Å². The third-order valence-electron chi connectivity index (χ3n) is 9.84. The number of methoxy groups -OCH3 is 1. The molecule has 2 bridgehead atoms. The summed E-state index contributed by atoms with van der Waals surface area (Å²) in [6.45, 7) is 3.65. The first-order valence-electron chi connectivity index (χ1n) is 17.7. The second-order valence-electron chi connectivity index (χ2n) is 13.7. The first-order chi connectivity index (χ1) is 24.5. The van der Waals surface area contributed by atoms with Gasteiger partial charge in [-0.3, -0.25) is 14.4 Å². The van der Waals surface area contributed by atoms with Crippen LogP contribution < -0.4 is 16.0 Å². The lowest BCUT2D eigenvalue weighted by molar-refractivity contribution is -0.158. The van der Waals surface area contributed by atoms with E-state index in [1.165, 1.54) is 18.9 Å². The Hall–Kier alpha value is -4.13. The lowest BCUT2D eigenvalue weighted by Crippen LogP contribution is -2.47. The molecule has 1 aromatic rings. The number of hydrogen-bond donors (Lipinski definition) is 5. The van der Waals surface area contributed by atoms with Crippen molar-refractivity contribution in [1.82, 2.24) is 5.32 Å². The summed E-state index contributed by atoms with van der Waals surface area (Å²) in [7, 11) is 1.51. The molecule has 274 valence electrons. The standard InChI is InChI=1S/C39H49N3O8S/c1-24-13-12-17-28-35(46)29(22-30-36(28)51-23-33(44)41-30)40-32(43)21-27(49-3)16-10-5-4-6-11-18-31(25(2)34(24)45)50-38(48)39(19-20-39)42-37(47)26-14-8-7-9-15-26/h4-6,10-11,13-14,16,22,25,27,31,34,45-46H,7-9,12,15,17-21,23H2,1-3H3,(H,40,43)(H,41,44)(H,42,47)/b5-4+,11-6+,16-10+,24-13-/t25-,27-,31-,34-/m0/s1. The molecule has 12 heteroatoms. The molecule has 2 heterocycles. The molecule has 3 amide bonds. The zero-order valence-corrected chi connectivity index (χ0v) is 30.4. The molecular formula is C39H49N3O8S. The van der Waals surface area contributed by atoms with E-state index in [1.807, 2.05) is 38.2 Å². The molecule has 5 rings (SSSR count). The van der Waals surface area contributed by atoms with E-state index in [-0.39, 0.29) is 41.3 Å². The van der Waals surface area contributed by atoms with Gasteiger partial charge in [-0.1, -0.05) is 55.5 Å². The maximum atomic E-state index is 13.6. The van der Waals surface area contributed by atoms with Crippen molar-refractivity contribution < 1.29 is 38.9 Å². The number of aliphatic hydroxyl groups is 1. The highest BCUT2D eigenvalue weighted by Gasteiger charge is 2.54. The third kappa shape index (κ3) is 9.81. The van der Waals surface area contributed by atoms with Crippen LogP contribution in [-0.2, 0) is 35.1 Å². The molecule has 0 saturated heterocycles. The lowest BCUT2D eigenvalue weighted by atomic mass is 9.90. The fraction of sp³-hybridized carbons (Fsp3) is 0.487. The van der Waals surface area contributed by atoms with Crippen LogP contribution in [0, 0.1) is 5.92 Å². The van der Waals surface area contributed by atoms with E-state index in [0.717, 1.165) is 29.7 Å². The van der Waals surface area contributed by atoms with Crippen LogP contribution >= 0.6 is 11.8 Å². The van der Waals surface area contributed by atoms with Crippen molar-refractivity contribution in [3.8, 4) is 5.75 Å². The van der Waals surface area contributed by atoms with Gasteiger partial charge in [0, 0.05) is 35.5 Å². The Balaban J connectivity index is 1.39. The number of esters is 1. The van der Waals surface area contributed by atoms with E-state index >= 15 is 0 Å². The van der Waals surface area contributed by atoms with Crippen LogP contribution in [0.2, 0.25) is 0 Å². The Kier molecular flexibility index (Phi) is 13.0. The molecule has 4 atom stereocenters. The molecule has 1 saturated carbocycles. The molecule has 0 unspecified atom stereocenters. The molecule has 11 nitrogen and oxygen atoms in total. The van der Waals surface area contributed by atoms with E-state index in [0.29, 0.717) is 55.3 Å². The number of hydrogen-bond acceptors (Lipinski definition) is 9. The third-order valence-corrected chi connectivity index (χ3v) is 11.0. The number of anilines is 2. The number of carbonyl (C=O) groups is 4. The van der Waals surface area contributed by atoms with Crippen molar-refractivity contribution in [2.75, 3.05) is 23.5 Å². The summed E-state index contributed by atoms with van der Waals surface area (Å²) in [4.78, 5) is 52.6. The number of fused-ring (bicyclic) bond motifs is 4. The van der Waals surface area contributed by atoms with Gasteiger partial charge < -0.3 is 35.6 Å². The smallest absolute Gasteiger partial charge is 0.332 e. The normalized spacial score (nSPS) is 28.5. The quantitative estimate of drug-likeness (QED) is 0.110. The van der Waals surface area contributed by atoms with Crippen molar-refractivity contribution in [3.05, 3.63) is 71.4 Å². The maximum Gasteiger partial charge on any atom is 0.332 e. The van der Waals surface area contributed by atoms with Crippen LogP contribution in [0.3, 0.4) is 0 Å². The van der Waals surface area contributed by atoms with Crippen LogP contribution in [0.5, 0.6) is 5.75 Å². The van der Waals surface area contributed by atoms with Gasteiger partial charge in [-0.05, 0) is 69.9 Å². The van der Waals surface area contributed by atoms with Crippen LogP contribution in [0.4, 0.5) is 11.4 Å². The van der Waals surface area contributed by atoms with Crippen molar-refractivity contribution in [2.24, 2.45) is 5.92 Å². The number of benzene rings is 1. The predicted molar refractivity (Wildman–Crippen MR) is 197 cm³/mol. The molecule has 4 aliphatic rings. The molecule has 0 radical (unpaired) electrons. The van der Waals surface area contributed by atoms with Crippen molar-refractivity contribution >= 4 is 46.8 Å². The number of nitrogens with one attached hydrogen (secondary N) is 3. The number of phenolic OH excluding ortho intramolecular Hbond substituents is 1. The van der Waals surface area contributed by atoms with Crippen LogP contribution in [0.25, 0.3) is 0 Å². The average molecular weight is 720 g/mol. The summed E-state index contributed by atoms with van der Waals surface area (Å²) in [6, 6.07) is 1.57. The van der Waals surface area contributed by atoms with Gasteiger partial charge in [0.2, 0.25) is 17.7 Å². The Bertz CT molecular complexity index is 1660. The highest BCUT2D eigenvalue weighted by molar-refractivity contribution is 8.00. The zero-order chi connectivity index (χ0) is 36.5. The molecule has 2 aliphatic heterocycles. The van der Waals surface area contributed by atoms with Gasteiger partial charge >= 0.3 is 5.97 Å². The molecule has 1 fully saturated rings. The van der Waals surface area contributed by atoms with Gasteiger partial charge in [-0.25, -0.2) is 4.79 Å². The Labute approximate surface area is 303 Å². The number of carbonyl (C=O) groups excluding carboxylic acids is 4. The Morgan fingerprint density at radius 1 is 1.00 bits per heavy atom. The Morgan fingerprint density at radius 2 is 1.76 bits per heavy atom. The summed E-state index contributed by atoms with van der Waals surface area (Å²) in [5.74, 6) is -1.63. The van der Waals surface area contributed by atoms with E-state index in [2.05, 4.69) is 16.0 Å². The second kappa shape index (κ2) is 17.4. The topological polar surface area (TPSA) is 163 Å². The van der Waals surface area contributed by atoms with E-state index < -0.39 is 35.7 Å². The highest BCUT2D eigenvalue weighted by atomic mass is 32.2. The number of aliphatic hydroxyl groups excluding tert-OH is 1. The van der Waals surface area contributed by atoms with Gasteiger partial charge in [0.25, 0.3) is 0 Å². The maximum absolute atomic E-state index is 13.6. The molecular weight excluding hydrogens is 671 g/mol. The van der Waals surface area contributed by atoms with E-state index in [9.17, 15) is 29.4 Å². The summed E-state index contributed by atoms with van der Waals surface area (Å²) in [5, 5.41) is 31.4. The first-order valence-corrected chi connectivity index (χ1v) is 18.7. The zero-order valence-electron chi connectivity index (χ0n) is 29.5. The van der Waals surface area contributed by atoms with Crippen molar-refractivity contribution in [1.29, 1.82) is 0 Å². The minimum absolute atomic E-state index is 0.00600. The molecule has 5 N–H and O–H groups in total. The minimum Gasteiger partial charge on any atom is -0.505 e. The first kappa shape index (κ1) is 38.1. The van der Waals surface area contributed by atoms with Gasteiger partial charge in [-0.2, -0.15) is 0 Å². The monoisotopic (exact) mass is 719 g/mol. The Morgan fingerprint density at radius 3 is 2.49 bits per heavy atom. The summed E-state index contributed by atoms with van der Waals surface area (Å²) < 4.78 is 11.6. The number of rotatable bonds is 5. The second-order valence-corrected chi connectivity index (χ2v) is 14.7. The minimum atomic E-state index is -1.05. The van der Waals surface area contributed by atoms with Crippen LogP contribution in [0.1, 0.15) is 77.2 Å². The summed E-state index contributed by atoms with van der Waals surface area (Å²) >= 11 is 1.32. The number of aromatic hydroxyl groups is 1. The number of ether oxygens (including phenoxy) is 2. The predicted octanol–water partition coefficient (Wildman–Crippen LogP) is 5.79. The molecule has 51 heavy (non-hydrogen) atoms. The SMILES string of the molecule is CO[C@H]1/C=C/C=C/C=C/C[C@H](OC(=O)C2(NC(=O)C3=CCCCC3)CC2)[C@H](C)[C@@H](O)/C(C)=C\CCc2c(O)c(cc3c2SCC(=O)N3)NC(=O)C1.